The van der Waals surface area contributed by atoms with Crippen molar-refractivity contribution < 1.29 is 4.79 Å². The van der Waals surface area contributed by atoms with Crippen molar-refractivity contribution in [1.82, 2.24) is 9.88 Å². The number of aromatic nitrogens is 1. The summed E-state index contributed by atoms with van der Waals surface area (Å²) in [6, 6.07) is 7.22. The predicted molar refractivity (Wildman–Crippen MR) is 105 cm³/mol. The minimum atomic E-state index is 0.00670. The molecule has 1 saturated heterocycles. The number of halogens is 2. The highest BCUT2D eigenvalue weighted by Crippen LogP contribution is 2.31. The smallest absolute Gasteiger partial charge is 0.186 e. The Morgan fingerprint density at radius 2 is 2.20 bits per heavy atom. The fourth-order valence-electron chi connectivity index (χ4n) is 3.10. The lowest BCUT2D eigenvalue weighted by Gasteiger charge is -2.31. The van der Waals surface area contributed by atoms with E-state index in [-0.39, 0.29) is 11.7 Å². The predicted octanol–water partition coefficient (Wildman–Crippen LogP) is 4.61. The van der Waals surface area contributed by atoms with E-state index in [0.29, 0.717) is 15.7 Å². The van der Waals surface area contributed by atoms with E-state index < -0.39 is 0 Å². The van der Waals surface area contributed by atoms with E-state index in [0.717, 1.165) is 42.5 Å². The standard InChI is InChI=1S/C18H21Cl2N3OS/c1-22(2)18-21-17(20)15(25-18)11-23-8-4-6-13(10-23)16(24)12-5-3-7-14(19)9-12/h3,5,7,9,13H,4,6,8,10-11H2,1-2H3/t13-/m1/s1. The van der Waals surface area contributed by atoms with Crippen LogP contribution >= 0.6 is 34.5 Å². The van der Waals surface area contributed by atoms with Crippen LogP contribution in [0.5, 0.6) is 0 Å². The molecule has 0 aliphatic carbocycles. The molecule has 1 aromatic heterocycles. The second-order valence-corrected chi connectivity index (χ2v) is 8.41. The van der Waals surface area contributed by atoms with Crippen LogP contribution in [0.3, 0.4) is 0 Å². The molecule has 0 bridgehead atoms. The molecule has 7 heteroatoms. The minimum absolute atomic E-state index is 0.00670. The van der Waals surface area contributed by atoms with Crippen molar-refractivity contribution >= 4 is 45.5 Å². The number of carbonyl (C=O) groups is 1. The maximum atomic E-state index is 12.8. The Hall–Kier alpha value is -1.14. The quantitative estimate of drug-likeness (QED) is 0.690. The summed E-state index contributed by atoms with van der Waals surface area (Å²) in [6.07, 6.45) is 1.93. The number of thiazole rings is 1. The van der Waals surface area contributed by atoms with Crippen molar-refractivity contribution in [3.05, 3.63) is 44.9 Å². The Morgan fingerprint density at radius 3 is 2.88 bits per heavy atom. The molecule has 134 valence electrons. The SMILES string of the molecule is CN(C)c1nc(Cl)c(CN2CCC[C@@H](C(=O)c3cccc(Cl)c3)C2)s1. The third kappa shape index (κ3) is 4.53. The number of likely N-dealkylation sites (tertiary alicyclic amines) is 1. The summed E-state index contributed by atoms with van der Waals surface area (Å²) in [5, 5.41) is 2.08. The van der Waals surface area contributed by atoms with E-state index in [1.807, 2.05) is 31.1 Å². The van der Waals surface area contributed by atoms with E-state index >= 15 is 0 Å². The minimum Gasteiger partial charge on any atom is -0.354 e. The lowest BCUT2D eigenvalue weighted by molar-refractivity contribution is 0.0813. The van der Waals surface area contributed by atoms with E-state index in [1.165, 1.54) is 0 Å². The number of nitrogens with zero attached hydrogens (tertiary/aromatic N) is 3. The summed E-state index contributed by atoms with van der Waals surface area (Å²) in [7, 11) is 3.92. The van der Waals surface area contributed by atoms with Gasteiger partial charge in [-0.25, -0.2) is 4.98 Å². The number of rotatable bonds is 5. The van der Waals surface area contributed by atoms with Crippen LogP contribution in [0.15, 0.2) is 24.3 Å². The van der Waals surface area contributed by atoms with Gasteiger partial charge in [-0.05, 0) is 31.5 Å². The first kappa shape index (κ1) is 18.6. The number of carbonyl (C=O) groups excluding carboxylic acids is 1. The molecule has 0 spiro atoms. The van der Waals surface area contributed by atoms with Crippen molar-refractivity contribution in [1.29, 1.82) is 0 Å². The molecule has 1 atom stereocenters. The molecule has 1 aromatic carbocycles. The van der Waals surface area contributed by atoms with E-state index in [1.54, 1.807) is 23.5 Å². The highest BCUT2D eigenvalue weighted by molar-refractivity contribution is 7.16. The van der Waals surface area contributed by atoms with Gasteiger partial charge in [0.2, 0.25) is 0 Å². The molecule has 0 saturated carbocycles. The van der Waals surface area contributed by atoms with Gasteiger partial charge in [0.25, 0.3) is 0 Å². The highest BCUT2D eigenvalue weighted by atomic mass is 35.5. The lowest BCUT2D eigenvalue weighted by atomic mass is 9.90. The number of benzene rings is 1. The molecule has 2 heterocycles. The molecule has 0 radical (unpaired) electrons. The zero-order chi connectivity index (χ0) is 18.0. The number of hydrogen-bond donors (Lipinski definition) is 0. The zero-order valence-electron chi connectivity index (χ0n) is 14.3. The molecule has 0 amide bonds. The number of hydrogen-bond acceptors (Lipinski definition) is 5. The average Bonchev–Trinajstić information content (AvgIpc) is 2.95. The second kappa shape index (κ2) is 8.04. The molecule has 25 heavy (non-hydrogen) atoms. The Labute approximate surface area is 162 Å². The van der Waals surface area contributed by atoms with Gasteiger partial charge in [-0.1, -0.05) is 46.7 Å². The number of anilines is 1. The molecular formula is C18H21Cl2N3OS. The summed E-state index contributed by atoms with van der Waals surface area (Å²) in [6.45, 7) is 2.46. The monoisotopic (exact) mass is 397 g/mol. The van der Waals surface area contributed by atoms with Crippen LogP contribution in [-0.2, 0) is 6.54 Å². The molecule has 2 aromatic rings. The molecule has 0 N–H and O–H groups in total. The van der Waals surface area contributed by atoms with Crippen molar-refractivity contribution in [2.24, 2.45) is 5.92 Å². The first-order chi connectivity index (χ1) is 11.9. The molecule has 1 fully saturated rings. The van der Waals surface area contributed by atoms with Crippen LogP contribution in [0.1, 0.15) is 28.1 Å². The van der Waals surface area contributed by atoms with Gasteiger partial charge in [0.1, 0.15) is 5.15 Å². The van der Waals surface area contributed by atoms with Gasteiger partial charge in [0.05, 0.1) is 4.88 Å². The van der Waals surface area contributed by atoms with Gasteiger partial charge in [0, 0.05) is 43.7 Å². The number of Topliss-reactive ketones (excluding diaryl/α,β-unsaturated/α-hetero) is 1. The third-order valence-corrected chi connectivity index (χ3v) is 6.24. The molecular weight excluding hydrogens is 377 g/mol. The summed E-state index contributed by atoms with van der Waals surface area (Å²) in [5.41, 5.74) is 0.699. The molecule has 1 aliphatic heterocycles. The zero-order valence-corrected chi connectivity index (χ0v) is 16.7. The normalized spacial score (nSPS) is 18.3. The van der Waals surface area contributed by atoms with Crippen LogP contribution in [0.25, 0.3) is 0 Å². The van der Waals surface area contributed by atoms with Gasteiger partial charge in [-0.2, -0.15) is 0 Å². The molecule has 3 rings (SSSR count). The average molecular weight is 398 g/mol. The largest absolute Gasteiger partial charge is 0.354 e. The van der Waals surface area contributed by atoms with Crippen molar-refractivity contribution in [3.63, 3.8) is 0 Å². The topological polar surface area (TPSA) is 36.4 Å². The molecule has 1 aliphatic rings. The summed E-state index contributed by atoms with van der Waals surface area (Å²) >= 11 is 13.9. The molecule has 0 unspecified atom stereocenters. The molecule has 4 nitrogen and oxygen atoms in total. The Kier molecular flexibility index (Phi) is 6.00. The van der Waals surface area contributed by atoms with Crippen molar-refractivity contribution in [2.45, 2.75) is 19.4 Å². The first-order valence-electron chi connectivity index (χ1n) is 8.28. The van der Waals surface area contributed by atoms with Gasteiger partial charge in [-0.15, -0.1) is 0 Å². The summed E-state index contributed by atoms with van der Waals surface area (Å²) in [4.78, 5) is 22.5. The number of ketones is 1. The summed E-state index contributed by atoms with van der Waals surface area (Å²) < 4.78 is 0. The van der Waals surface area contributed by atoms with E-state index in [9.17, 15) is 4.79 Å². The third-order valence-electron chi connectivity index (χ3n) is 4.37. The highest BCUT2D eigenvalue weighted by Gasteiger charge is 2.27. The van der Waals surface area contributed by atoms with Crippen molar-refractivity contribution in [3.8, 4) is 0 Å². The van der Waals surface area contributed by atoms with Crippen molar-refractivity contribution in [2.75, 3.05) is 32.1 Å². The maximum absolute atomic E-state index is 12.8. The lowest BCUT2D eigenvalue weighted by Crippen LogP contribution is -2.38. The Morgan fingerprint density at radius 1 is 1.40 bits per heavy atom. The fourth-order valence-corrected chi connectivity index (χ4v) is 4.52. The van der Waals surface area contributed by atoms with Gasteiger partial charge in [-0.3, -0.25) is 9.69 Å². The van der Waals surface area contributed by atoms with Gasteiger partial charge >= 0.3 is 0 Å². The Bertz CT molecular complexity index is 763. The van der Waals surface area contributed by atoms with E-state index in [4.69, 9.17) is 23.2 Å². The first-order valence-corrected chi connectivity index (χ1v) is 9.86. The van der Waals surface area contributed by atoms with Crippen LogP contribution < -0.4 is 4.90 Å². The van der Waals surface area contributed by atoms with Gasteiger partial charge in [0.15, 0.2) is 10.9 Å². The van der Waals surface area contributed by atoms with Crippen LogP contribution in [0.2, 0.25) is 10.2 Å². The van der Waals surface area contributed by atoms with E-state index in [2.05, 4.69) is 9.88 Å². The van der Waals surface area contributed by atoms with Crippen LogP contribution in [0, 0.1) is 5.92 Å². The maximum Gasteiger partial charge on any atom is 0.186 e. The fraction of sp³-hybridized carbons (Fsp3) is 0.444. The van der Waals surface area contributed by atoms with Crippen LogP contribution in [0.4, 0.5) is 5.13 Å². The number of piperidine rings is 1. The van der Waals surface area contributed by atoms with Crippen LogP contribution in [-0.4, -0.2) is 42.9 Å². The second-order valence-electron chi connectivity index (χ2n) is 6.55. The summed E-state index contributed by atoms with van der Waals surface area (Å²) in [5.74, 6) is 0.184. The van der Waals surface area contributed by atoms with Gasteiger partial charge < -0.3 is 4.90 Å². The Balaban J connectivity index is 1.68.